The van der Waals surface area contributed by atoms with Gasteiger partial charge in [0.05, 0.1) is 6.10 Å². The maximum absolute atomic E-state index is 5.58. The summed E-state index contributed by atoms with van der Waals surface area (Å²) in [7, 11) is 0. The van der Waals surface area contributed by atoms with E-state index in [-0.39, 0.29) is 0 Å². The SMILES string of the molecule is CC1OCCC1NC1CCC1C1CC1. The van der Waals surface area contributed by atoms with Crippen LogP contribution >= 0.6 is 0 Å². The molecule has 0 aromatic carbocycles. The highest BCUT2D eigenvalue weighted by Crippen LogP contribution is 2.47. The summed E-state index contributed by atoms with van der Waals surface area (Å²) in [5.74, 6) is 2.10. The Morgan fingerprint density at radius 1 is 1.00 bits per heavy atom. The van der Waals surface area contributed by atoms with Gasteiger partial charge in [0.15, 0.2) is 0 Å². The number of rotatable bonds is 3. The van der Waals surface area contributed by atoms with Gasteiger partial charge in [-0.1, -0.05) is 0 Å². The first-order valence-electron chi connectivity index (χ1n) is 6.22. The topological polar surface area (TPSA) is 21.3 Å². The molecule has 1 saturated heterocycles. The average molecular weight is 195 g/mol. The Morgan fingerprint density at radius 2 is 1.86 bits per heavy atom. The van der Waals surface area contributed by atoms with E-state index in [4.69, 9.17) is 4.74 Å². The highest BCUT2D eigenvalue weighted by molar-refractivity contribution is 4.98. The summed E-state index contributed by atoms with van der Waals surface area (Å²) in [5.41, 5.74) is 0. The Morgan fingerprint density at radius 3 is 2.36 bits per heavy atom. The molecule has 1 heterocycles. The lowest BCUT2D eigenvalue weighted by atomic mass is 9.75. The van der Waals surface area contributed by atoms with E-state index < -0.39 is 0 Å². The van der Waals surface area contributed by atoms with Gasteiger partial charge >= 0.3 is 0 Å². The fourth-order valence-electron chi connectivity index (χ4n) is 3.05. The number of ether oxygens (including phenoxy) is 1. The van der Waals surface area contributed by atoms with Crippen LogP contribution in [0.2, 0.25) is 0 Å². The van der Waals surface area contributed by atoms with Crippen molar-refractivity contribution < 1.29 is 4.74 Å². The van der Waals surface area contributed by atoms with Gasteiger partial charge in [-0.3, -0.25) is 0 Å². The van der Waals surface area contributed by atoms with Crippen LogP contribution < -0.4 is 5.32 Å². The zero-order valence-corrected chi connectivity index (χ0v) is 9.04. The summed E-state index contributed by atoms with van der Waals surface area (Å²) in [4.78, 5) is 0. The van der Waals surface area contributed by atoms with E-state index in [0.717, 1.165) is 24.5 Å². The molecule has 1 N–H and O–H groups in total. The normalized spacial score (nSPS) is 47.8. The first-order chi connectivity index (χ1) is 6.84. The second-order valence-corrected chi connectivity index (χ2v) is 5.32. The highest BCUT2D eigenvalue weighted by Gasteiger charge is 2.43. The Kier molecular flexibility index (Phi) is 2.29. The van der Waals surface area contributed by atoms with Crippen LogP contribution in [0.15, 0.2) is 0 Å². The van der Waals surface area contributed by atoms with Gasteiger partial charge in [-0.25, -0.2) is 0 Å². The molecule has 4 unspecified atom stereocenters. The summed E-state index contributed by atoms with van der Waals surface area (Å²) in [6, 6.07) is 1.47. The van der Waals surface area contributed by atoms with Crippen LogP contribution in [-0.2, 0) is 4.74 Å². The van der Waals surface area contributed by atoms with Crippen LogP contribution in [0, 0.1) is 11.8 Å². The van der Waals surface area contributed by atoms with Crippen LogP contribution in [-0.4, -0.2) is 24.8 Å². The van der Waals surface area contributed by atoms with Gasteiger partial charge in [0.2, 0.25) is 0 Å². The van der Waals surface area contributed by atoms with E-state index in [2.05, 4.69) is 12.2 Å². The minimum absolute atomic E-state index is 0.440. The average Bonchev–Trinajstić information content (AvgIpc) is 2.85. The van der Waals surface area contributed by atoms with Crippen molar-refractivity contribution in [2.75, 3.05) is 6.61 Å². The molecular weight excluding hydrogens is 174 g/mol. The molecule has 4 atom stereocenters. The second kappa shape index (κ2) is 3.49. The van der Waals surface area contributed by atoms with E-state index >= 15 is 0 Å². The minimum Gasteiger partial charge on any atom is -0.377 e. The van der Waals surface area contributed by atoms with Gasteiger partial charge in [0.25, 0.3) is 0 Å². The smallest absolute Gasteiger partial charge is 0.0700 e. The Hall–Kier alpha value is -0.0800. The van der Waals surface area contributed by atoms with Gasteiger partial charge in [-0.05, 0) is 50.9 Å². The van der Waals surface area contributed by atoms with Crippen LogP contribution in [0.1, 0.15) is 39.0 Å². The molecule has 0 radical (unpaired) electrons. The number of nitrogens with one attached hydrogen (secondary N) is 1. The summed E-state index contributed by atoms with van der Waals surface area (Å²) in [6.07, 6.45) is 7.54. The Labute approximate surface area is 86.4 Å². The van der Waals surface area contributed by atoms with Crippen molar-refractivity contribution in [1.29, 1.82) is 0 Å². The molecule has 0 spiro atoms. The molecule has 0 aromatic rings. The van der Waals surface area contributed by atoms with Crippen molar-refractivity contribution in [2.45, 2.75) is 57.2 Å². The summed E-state index contributed by atoms with van der Waals surface area (Å²) in [5, 5.41) is 3.81. The molecule has 0 amide bonds. The number of hydrogen-bond acceptors (Lipinski definition) is 2. The molecule has 2 heteroatoms. The maximum atomic E-state index is 5.58. The molecule has 1 aliphatic heterocycles. The van der Waals surface area contributed by atoms with Crippen molar-refractivity contribution in [1.82, 2.24) is 5.32 Å². The predicted molar refractivity (Wildman–Crippen MR) is 56.2 cm³/mol. The van der Waals surface area contributed by atoms with Gasteiger partial charge in [-0.2, -0.15) is 0 Å². The number of hydrogen-bond donors (Lipinski definition) is 1. The molecule has 3 aliphatic rings. The molecule has 0 bridgehead atoms. The summed E-state index contributed by atoms with van der Waals surface area (Å²) in [6.45, 7) is 3.16. The quantitative estimate of drug-likeness (QED) is 0.743. The minimum atomic E-state index is 0.440. The maximum Gasteiger partial charge on any atom is 0.0700 e. The largest absolute Gasteiger partial charge is 0.377 e. The fraction of sp³-hybridized carbons (Fsp3) is 1.00. The van der Waals surface area contributed by atoms with E-state index in [9.17, 15) is 0 Å². The monoisotopic (exact) mass is 195 g/mol. The summed E-state index contributed by atoms with van der Waals surface area (Å²) < 4.78 is 5.58. The highest BCUT2D eigenvalue weighted by atomic mass is 16.5. The molecule has 2 nitrogen and oxygen atoms in total. The van der Waals surface area contributed by atoms with E-state index in [1.807, 2.05) is 0 Å². The zero-order chi connectivity index (χ0) is 9.54. The molecular formula is C12H21NO. The van der Waals surface area contributed by atoms with Crippen LogP contribution in [0.4, 0.5) is 0 Å². The lowest BCUT2D eigenvalue weighted by molar-refractivity contribution is 0.0958. The van der Waals surface area contributed by atoms with Crippen LogP contribution in [0.25, 0.3) is 0 Å². The van der Waals surface area contributed by atoms with Crippen LogP contribution in [0.3, 0.4) is 0 Å². The Bertz CT molecular complexity index is 214. The van der Waals surface area contributed by atoms with E-state index in [1.165, 1.54) is 32.1 Å². The first-order valence-corrected chi connectivity index (χ1v) is 6.22. The van der Waals surface area contributed by atoms with Crippen molar-refractivity contribution >= 4 is 0 Å². The first kappa shape index (κ1) is 9.17. The third-order valence-corrected chi connectivity index (χ3v) is 4.36. The Balaban J connectivity index is 1.51. The molecule has 3 fully saturated rings. The van der Waals surface area contributed by atoms with E-state index in [0.29, 0.717) is 12.1 Å². The van der Waals surface area contributed by atoms with Crippen molar-refractivity contribution in [3.63, 3.8) is 0 Å². The predicted octanol–water partition coefficient (Wildman–Crippen LogP) is 1.94. The summed E-state index contributed by atoms with van der Waals surface area (Å²) >= 11 is 0. The van der Waals surface area contributed by atoms with Crippen molar-refractivity contribution in [3.05, 3.63) is 0 Å². The second-order valence-electron chi connectivity index (χ2n) is 5.32. The lowest BCUT2D eigenvalue weighted by Crippen LogP contribution is -2.51. The standard InChI is InChI=1S/C12H21NO/c1-8-11(6-7-14-8)13-12-5-4-10(12)9-2-3-9/h8-13H,2-7H2,1H3. The molecule has 3 rings (SSSR count). The molecule has 2 saturated carbocycles. The third kappa shape index (κ3) is 1.59. The van der Waals surface area contributed by atoms with Crippen molar-refractivity contribution in [3.8, 4) is 0 Å². The molecule has 14 heavy (non-hydrogen) atoms. The molecule has 2 aliphatic carbocycles. The molecule has 80 valence electrons. The molecule has 0 aromatic heterocycles. The fourth-order valence-corrected chi connectivity index (χ4v) is 3.05. The zero-order valence-electron chi connectivity index (χ0n) is 9.04. The third-order valence-electron chi connectivity index (χ3n) is 4.36. The van der Waals surface area contributed by atoms with Gasteiger partial charge in [-0.15, -0.1) is 0 Å². The van der Waals surface area contributed by atoms with Gasteiger partial charge < -0.3 is 10.1 Å². The van der Waals surface area contributed by atoms with Crippen LogP contribution in [0.5, 0.6) is 0 Å². The van der Waals surface area contributed by atoms with Gasteiger partial charge in [0, 0.05) is 18.7 Å². The van der Waals surface area contributed by atoms with Crippen molar-refractivity contribution in [2.24, 2.45) is 11.8 Å². The van der Waals surface area contributed by atoms with E-state index in [1.54, 1.807) is 0 Å². The van der Waals surface area contributed by atoms with Gasteiger partial charge in [0.1, 0.15) is 0 Å². The lowest BCUT2D eigenvalue weighted by Gasteiger charge is -2.40.